The third kappa shape index (κ3) is 4.30. The molecule has 1 saturated heterocycles. The van der Waals surface area contributed by atoms with E-state index in [1.807, 2.05) is 25.4 Å². The number of carbonyl (C=O) groups excluding carboxylic acids is 2. The molecular formula is C29H33N5O2. The van der Waals surface area contributed by atoms with E-state index in [1.54, 1.807) is 12.1 Å². The van der Waals surface area contributed by atoms with Crippen molar-refractivity contribution in [3.63, 3.8) is 0 Å². The predicted octanol–water partition coefficient (Wildman–Crippen LogP) is 4.14. The van der Waals surface area contributed by atoms with E-state index in [2.05, 4.69) is 58.2 Å². The van der Waals surface area contributed by atoms with Gasteiger partial charge in [-0.1, -0.05) is 17.7 Å². The van der Waals surface area contributed by atoms with Crippen molar-refractivity contribution in [1.29, 1.82) is 0 Å². The van der Waals surface area contributed by atoms with Crippen molar-refractivity contribution in [2.24, 2.45) is 5.73 Å². The highest BCUT2D eigenvalue weighted by Gasteiger charge is 2.42. The summed E-state index contributed by atoms with van der Waals surface area (Å²) in [7, 11) is 0. The number of fused-ring (bicyclic) bond motifs is 1. The number of pyridine rings is 1. The zero-order chi connectivity index (χ0) is 25.4. The summed E-state index contributed by atoms with van der Waals surface area (Å²) in [6, 6.07) is 14.1. The molecule has 0 spiro atoms. The summed E-state index contributed by atoms with van der Waals surface area (Å²) in [5.41, 5.74) is 13.1. The Morgan fingerprint density at radius 2 is 1.81 bits per heavy atom. The first-order valence-corrected chi connectivity index (χ1v) is 12.5. The molecule has 1 amide bonds. The van der Waals surface area contributed by atoms with Crippen LogP contribution in [-0.4, -0.2) is 43.4 Å². The summed E-state index contributed by atoms with van der Waals surface area (Å²) in [6.45, 7) is 9.88. The van der Waals surface area contributed by atoms with Crippen LogP contribution in [0.5, 0.6) is 0 Å². The van der Waals surface area contributed by atoms with Crippen LogP contribution in [0.15, 0.2) is 54.9 Å². The van der Waals surface area contributed by atoms with Crippen LogP contribution in [0.1, 0.15) is 52.0 Å². The van der Waals surface area contributed by atoms with Gasteiger partial charge in [-0.2, -0.15) is 0 Å². The lowest BCUT2D eigenvalue weighted by atomic mass is 9.71. The Kier molecular flexibility index (Phi) is 6.16. The summed E-state index contributed by atoms with van der Waals surface area (Å²) >= 11 is 0. The first kappa shape index (κ1) is 23.9. The number of nitrogens with two attached hydrogens (primary N) is 1. The fraction of sp³-hybridized carbons (Fsp3) is 0.345. The number of benzene rings is 2. The molecule has 0 aliphatic carbocycles. The molecule has 2 atom stereocenters. The second-order valence-electron chi connectivity index (χ2n) is 10.3. The fourth-order valence-electron chi connectivity index (χ4n) is 5.58. The molecule has 186 valence electrons. The first-order valence-electron chi connectivity index (χ1n) is 12.5. The summed E-state index contributed by atoms with van der Waals surface area (Å²) in [4.78, 5) is 33.3. The Bertz CT molecular complexity index is 1310. The molecule has 2 aromatic carbocycles. The van der Waals surface area contributed by atoms with Crippen molar-refractivity contribution in [2.75, 3.05) is 41.3 Å². The standard InChI is InChI=1S/C29H33N5O2/c1-19-4-7-27(20(2)12-19)34-10-8-33(9-11-34)23-14-22(16-31-17-23)26-15-29(3,28(30)36)24-13-21(18-35)5-6-25(24)32-26/h4-7,12-14,16-18,26,32H,8-11,15H2,1-3H3,(H2,30,36). The molecule has 0 radical (unpaired) electrons. The number of aromatic nitrogens is 1. The van der Waals surface area contributed by atoms with Crippen molar-refractivity contribution < 1.29 is 9.59 Å². The van der Waals surface area contributed by atoms with E-state index in [0.29, 0.717) is 12.0 Å². The van der Waals surface area contributed by atoms with Gasteiger partial charge in [-0.15, -0.1) is 0 Å². The number of aldehydes is 1. The Balaban J connectivity index is 1.36. The van der Waals surface area contributed by atoms with Crippen LogP contribution >= 0.6 is 0 Å². The molecule has 3 heterocycles. The lowest BCUT2D eigenvalue weighted by Crippen LogP contribution is -2.47. The van der Waals surface area contributed by atoms with Gasteiger partial charge in [0.2, 0.25) is 5.91 Å². The Hall–Kier alpha value is -3.87. The number of nitrogens with one attached hydrogen (secondary N) is 1. The Labute approximate surface area is 212 Å². The number of primary amides is 1. The van der Waals surface area contributed by atoms with Crippen molar-refractivity contribution in [3.8, 4) is 0 Å². The van der Waals surface area contributed by atoms with Gasteiger partial charge >= 0.3 is 0 Å². The van der Waals surface area contributed by atoms with E-state index in [-0.39, 0.29) is 6.04 Å². The SMILES string of the molecule is Cc1ccc(N2CCN(c3cncc(C4CC(C)(C(N)=O)c5cc(C=O)ccc5N4)c3)CC2)c(C)c1. The van der Waals surface area contributed by atoms with Gasteiger partial charge in [0.25, 0.3) is 0 Å². The van der Waals surface area contributed by atoms with E-state index in [0.717, 1.165) is 55.0 Å². The largest absolute Gasteiger partial charge is 0.378 e. The minimum atomic E-state index is -0.891. The van der Waals surface area contributed by atoms with E-state index in [9.17, 15) is 9.59 Å². The highest BCUT2D eigenvalue weighted by molar-refractivity contribution is 5.90. The summed E-state index contributed by atoms with van der Waals surface area (Å²) in [5.74, 6) is -0.398. The zero-order valence-electron chi connectivity index (χ0n) is 21.1. The van der Waals surface area contributed by atoms with Crippen molar-refractivity contribution in [3.05, 3.63) is 82.7 Å². The molecule has 2 aliphatic heterocycles. The highest BCUT2D eigenvalue weighted by atomic mass is 16.1. The zero-order valence-corrected chi connectivity index (χ0v) is 21.1. The number of hydrogen-bond donors (Lipinski definition) is 2. The van der Waals surface area contributed by atoms with Crippen LogP contribution in [0.4, 0.5) is 17.1 Å². The first-order chi connectivity index (χ1) is 17.3. The molecule has 7 heteroatoms. The van der Waals surface area contributed by atoms with Gasteiger partial charge in [0, 0.05) is 49.3 Å². The molecule has 1 fully saturated rings. The maximum atomic E-state index is 12.6. The van der Waals surface area contributed by atoms with Crippen LogP contribution in [0.25, 0.3) is 0 Å². The van der Waals surface area contributed by atoms with Crippen LogP contribution in [0.3, 0.4) is 0 Å². The molecule has 7 nitrogen and oxygen atoms in total. The molecule has 5 rings (SSSR count). The molecule has 2 unspecified atom stereocenters. The van der Waals surface area contributed by atoms with Gasteiger partial charge < -0.3 is 20.9 Å². The second-order valence-corrected chi connectivity index (χ2v) is 10.3. The fourth-order valence-corrected chi connectivity index (χ4v) is 5.58. The normalized spacial score (nSPS) is 21.5. The van der Waals surface area contributed by atoms with Gasteiger partial charge in [-0.05, 0) is 74.2 Å². The van der Waals surface area contributed by atoms with Crippen molar-refractivity contribution >= 4 is 29.3 Å². The smallest absolute Gasteiger partial charge is 0.227 e. The number of nitrogens with zero attached hydrogens (tertiary/aromatic N) is 3. The van der Waals surface area contributed by atoms with Crippen LogP contribution in [0, 0.1) is 13.8 Å². The highest BCUT2D eigenvalue weighted by Crippen LogP contribution is 2.44. The minimum absolute atomic E-state index is 0.124. The molecule has 1 aromatic heterocycles. The summed E-state index contributed by atoms with van der Waals surface area (Å²) in [5, 5.41) is 3.55. The maximum Gasteiger partial charge on any atom is 0.227 e. The number of piperazine rings is 1. The number of rotatable bonds is 5. The Morgan fingerprint density at radius 3 is 2.50 bits per heavy atom. The predicted molar refractivity (Wildman–Crippen MR) is 144 cm³/mol. The van der Waals surface area contributed by atoms with Crippen LogP contribution < -0.4 is 20.9 Å². The molecular weight excluding hydrogens is 450 g/mol. The maximum absolute atomic E-state index is 12.6. The van der Waals surface area contributed by atoms with E-state index >= 15 is 0 Å². The number of hydrogen-bond acceptors (Lipinski definition) is 6. The topological polar surface area (TPSA) is 91.6 Å². The third-order valence-electron chi connectivity index (χ3n) is 7.75. The lowest BCUT2D eigenvalue weighted by molar-refractivity contribution is -0.123. The van der Waals surface area contributed by atoms with E-state index < -0.39 is 11.3 Å². The quantitative estimate of drug-likeness (QED) is 0.530. The van der Waals surface area contributed by atoms with Gasteiger partial charge in [0.05, 0.1) is 23.3 Å². The Morgan fingerprint density at radius 1 is 1.06 bits per heavy atom. The summed E-state index contributed by atoms with van der Waals surface area (Å²) < 4.78 is 0. The number of amides is 1. The van der Waals surface area contributed by atoms with E-state index in [1.165, 1.54) is 16.8 Å². The van der Waals surface area contributed by atoms with Crippen LogP contribution in [-0.2, 0) is 10.2 Å². The van der Waals surface area contributed by atoms with E-state index in [4.69, 9.17) is 5.73 Å². The van der Waals surface area contributed by atoms with Gasteiger partial charge in [0.15, 0.2) is 0 Å². The van der Waals surface area contributed by atoms with Crippen molar-refractivity contribution in [2.45, 2.75) is 38.6 Å². The molecule has 3 aromatic rings. The summed E-state index contributed by atoms with van der Waals surface area (Å²) in [6.07, 6.45) is 5.06. The van der Waals surface area contributed by atoms with Crippen LogP contribution in [0.2, 0.25) is 0 Å². The minimum Gasteiger partial charge on any atom is -0.378 e. The van der Waals surface area contributed by atoms with Gasteiger partial charge in [-0.3, -0.25) is 14.6 Å². The number of anilines is 3. The van der Waals surface area contributed by atoms with Crippen molar-refractivity contribution in [1.82, 2.24) is 4.98 Å². The van der Waals surface area contributed by atoms with Gasteiger partial charge in [0.1, 0.15) is 6.29 Å². The monoisotopic (exact) mass is 483 g/mol. The number of carbonyl (C=O) groups is 2. The molecule has 0 saturated carbocycles. The second kappa shape index (κ2) is 9.30. The average molecular weight is 484 g/mol. The molecule has 2 aliphatic rings. The molecule has 0 bridgehead atoms. The average Bonchev–Trinajstić information content (AvgIpc) is 2.88. The molecule has 36 heavy (non-hydrogen) atoms. The number of aryl methyl sites for hydroxylation is 2. The van der Waals surface area contributed by atoms with Gasteiger partial charge in [-0.25, -0.2) is 0 Å². The molecule has 3 N–H and O–H groups in total. The third-order valence-corrected chi connectivity index (χ3v) is 7.75. The lowest BCUT2D eigenvalue weighted by Gasteiger charge is -2.40.